The molecule has 2 aromatic rings. The molecule has 4 nitrogen and oxygen atoms in total. The number of aromatic nitrogens is 1. The molecule has 118 valence electrons. The van der Waals surface area contributed by atoms with E-state index in [0.717, 1.165) is 22.7 Å². The molecule has 0 fully saturated rings. The maximum atomic E-state index is 12.3. The van der Waals surface area contributed by atoms with Gasteiger partial charge < -0.3 is 11.1 Å². The van der Waals surface area contributed by atoms with E-state index in [1.54, 1.807) is 17.1 Å². The van der Waals surface area contributed by atoms with Crippen molar-refractivity contribution in [2.24, 2.45) is 5.73 Å². The number of amides is 1. The predicted molar refractivity (Wildman–Crippen MR) is 94.3 cm³/mol. The minimum atomic E-state index is -0.159. The second-order valence-corrected chi connectivity index (χ2v) is 7.19. The molecule has 1 aliphatic heterocycles. The van der Waals surface area contributed by atoms with E-state index in [1.165, 1.54) is 16.2 Å². The molecule has 0 aliphatic carbocycles. The number of thioether (sulfide) groups is 1. The van der Waals surface area contributed by atoms with Crippen molar-refractivity contribution in [1.82, 2.24) is 10.3 Å². The molecular weight excluding hydrogens is 361 g/mol. The van der Waals surface area contributed by atoms with Crippen molar-refractivity contribution in [2.45, 2.75) is 23.9 Å². The molecule has 0 spiro atoms. The molecule has 1 aromatic heterocycles. The maximum absolute atomic E-state index is 12.3. The van der Waals surface area contributed by atoms with E-state index < -0.39 is 0 Å². The van der Waals surface area contributed by atoms with E-state index in [0.29, 0.717) is 17.3 Å². The highest BCUT2D eigenvalue weighted by atomic mass is 35.5. The predicted octanol–water partition coefficient (Wildman–Crippen LogP) is 3.64. The van der Waals surface area contributed by atoms with Gasteiger partial charge in [0.25, 0.3) is 5.91 Å². The summed E-state index contributed by atoms with van der Waals surface area (Å²) < 4.78 is 0. The standard InChI is InChI=1S/C14H14ClN3OS2.ClH/c15-8-1-2-12-9(5-8)10(3-4-20-12)18-14(19)11-7-21-13(6-16)17-11;/h1-2,5,7,10H,3-4,6,16H2,(H,18,19);1H. The normalized spacial score (nSPS) is 16.5. The molecule has 8 heteroatoms. The first-order valence-corrected chi connectivity index (χ1v) is 8.79. The van der Waals surface area contributed by atoms with E-state index >= 15 is 0 Å². The number of nitrogens with two attached hydrogens (primary N) is 1. The van der Waals surface area contributed by atoms with Gasteiger partial charge in [-0.25, -0.2) is 4.98 Å². The third kappa shape index (κ3) is 3.75. The molecule has 2 heterocycles. The Morgan fingerprint density at radius 1 is 1.50 bits per heavy atom. The van der Waals surface area contributed by atoms with Crippen molar-refractivity contribution in [3.63, 3.8) is 0 Å². The van der Waals surface area contributed by atoms with Crippen LogP contribution in [0.1, 0.15) is 33.5 Å². The van der Waals surface area contributed by atoms with Crippen LogP contribution in [-0.4, -0.2) is 16.6 Å². The number of carbonyl (C=O) groups excluding carboxylic acids is 1. The molecule has 0 bridgehead atoms. The van der Waals surface area contributed by atoms with Gasteiger partial charge in [-0.2, -0.15) is 0 Å². The van der Waals surface area contributed by atoms with Gasteiger partial charge in [0.1, 0.15) is 10.7 Å². The van der Waals surface area contributed by atoms with Crippen LogP contribution in [0, 0.1) is 0 Å². The molecule has 1 aromatic carbocycles. The molecule has 22 heavy (non-hydrogen) atoms. The fourth-order valence-corrected chi connectivity index (χ4v) is 4.20. The summed E-state index contributed by atoms with van der Waals surface area (Å²) in [6, 6.07) is 5.80. The van der Waals surface area contributed by atoms with Crippen molar-refractivity contribution < 1.29 is 4.79 Å². The maximum Gasteiger partial charge on any atom is 0.271 e. The van der Waals surface area contributed by atoms with Gasteiger partial charge in [0, 0.05) is 27.6 Å². The van der Waals surface area contributed by atoms with Crippen molar-refractivity contribution in [3.05, 3.63) is 44.9 Å². The van der Waals surface area contributed by atoms with Crippen LogP contribution in [-0.2, 0) is 6.54 Å². The first-order valence-electron chi connectivity index (χ1n) is 6.55. The molecule has 3 rings (SSSR count). The van der Waals surface area contributed by atoms with Crippen molar-refractivity contribution in [3.8, 4) is 0 Å². The Labute approximate surface area is 148 Å². The number of hydrogen-bond acceptors (Lipinski definition) is 5. The van der Waals surface area contributed by atoms with Crippen LogP contribution >= 0.6 is 47.1 Å². The third-order valence-electron chi connectivity index (χ3n) is 3.28. The van der Waals surface area contributed by atoms with Crippen molar-refractivity contribution in [1.29, 1.82) is 0 Å². The van der Waals surface area contributed by atoms with Crippen LogP contribution in [0.2, 0.25) is 5.02 Å². The molecule has 0 saturated carbocycles. The van der Waals surface area contributed by atoms with Gasteiger partial charge in [-0.05, 0) is 30.2 Å². The molecule has 1 atom stereocenters. The highest BCUT2D eigenvalue weighted by Gasteiger charge is 2.23. The number of rotatable bonds is 3. The van der Waals surface area contributed by atoms with Crippen molar-refractivity contribution >= 4 is 53.0 Å². The van der Waals surface area contributed by atoms with E-state index in [-0.39, 0.29) is 24.4 Å². The van der Waals surface area contributed by atoms with E-state index in [9.17, 15) is 4.79 Å². The van der Waals surface area contributed by atoms with Gasteiger partial charge in [0.2, 0.25) is 0 Å². The number of hydrogen-bond donors (Lipinski definition) is 2. The fourth-order valence-electron chi connectivity index (χ4n) is 2.26. The number of benzene rings is 1. The van der Waals surface area contributed by atoms with Gasteiger partial charge in [-0.1, -0.05) is 11.6 Å². The second-order valence-electron chi connectivity index (χ2n) is 4.68. The highest BCUT2D eigenvalue weighted by molar-refractivity contribution is 7.99. The largest absolute Gasteiger partial charge is 0.344 e. The Bertz CT molecular complexity index is 678. The first kappa shape index (κ1) is 17.6. The van der Waals surface area contributed by atoms with Crippen LogP contribution in [0.4, 0.5) is 0 Å². The van der Waals surface area contributed by atoms with Gasteiger partial charge in [-0.3, -0.25) is 4.79 Å². The Balaban J connectivity index is 0.00000176. The molecule has 1 amide bonds. The lowest BCUT2D eigenvalue weighted by molar-refractivity contribution is 0.0930. The van der Waals surface area contributed by atoms with Crippen molar-refractivity contribution in [2.75, 3.05) is 5.75 Å². The molecule has 0 radical (unpaired) electrons. The molecular formula is C14H15Cl2N3OS2. The Morgan fingerprint density at radius 2 is 2.32 bits per heavy atom. The van der Waals surface area contributed by atoms with E-state index in [4.69, 9.17) is 17.3 Å². The average molecular weight is 376 g/mol. The summed E-state index contributed by atoms with van der Waals surface area (Å²) in [6.45, 7) is 0.358. The van der Waals surface area contributed by atoms with Crippen LogP contribution in [0.15, 0.2) is 28.5 Å². The fraction of sp³-hybridized carbons (Fsp3) is 0.286. The van der Waals surface area contributed by atoms with E-state index in [1.807, 2.05) is 18.2 Å². The summed E-state index contributed by atoms with van der Waals surface area (Å²) in [5.74, 6) is 0.818. The van der Waals surface area contributed by atoms with Gasteiger partial charge in [0.05, 0.1) is 6.04 Å². The minimum absolute atomic E-state index is 0. The zero-order valence-corrected chi connectivity index (χ0v) is 14.7. The summed E-state index contributed by atoms with van der Waals surface area (Å²) in [5, 5.41) is 6.25. The summed E-state index contributed by atoms with van der Waals surface area (Å²) in [4.78, 5) is 17.7. The van der Waals surface area contributed by atoms with Crippen LogP contribution in [0.25, 0.3) is 0 Å². The Kier molecular flexibility index (Phi) is 6.11. The smallest absolute Gasteiger partial charge is 0.271 e. The number of nitrogens with one attached hydrogen (secondary N) is 1. The van der Waals surface area contributed by atoms with Gasteiger partial charge >= 0.3 is 0 Å². The van der Waals surface area contributed by atoms with Crippen LogP contribution < -0.4 is 11.1 Å². The average Bonchev–Trinajstić information content (AvgIpc) is 2.97. The Morgan fingerprint density at radius 3 is 3.05 bits per heavy atom. The lowest BCUT2D eigenvalue weighted by Crippen LogP contribution is -2.30. The van der Waals surface area contributed by atoms with Gasteiger partial charge in [-0.15, -0.1) is 35.5 Å². The zero-order chi connectivity index (χ0) is 14.8. The van der Waals surface area contributed by atoms with E-state index in [2.05, 4.69) is 10.3 Å². The number of carbonyl (C=O) groups is 1. The molecule has 1 aliphatic rings. The topological polar surface area (TPSA) is 68.0 Å². The minimum Gasteiger partial charge on any atom is -0.344 e. The molecule has 1 unspecified atom stereocenters. The monoisotopic (exact) mass is 375 g/mol. The number of nitrogens with zero attached hydrogens (tertiary/aromatic N) is 1. The summed E-state index contributed by atoms with van der Waals surface area (Å²) in [6.07, 6.45) is 0.887. The zero-order valence-electron chi connectivity index (χ0n) is 11.5. The molecule has 0 saturated heterocycles. The second kappa shape index (κ2) is 7.66. The lowest BCUT2D eigenvalue weighted by atomic mass is 10.0. The van der Waals surface area contributed by atoms with Crippen LogP contribution in [0.5, 0.6) is 0 Å². The SMILES string of the molecule is Cl.NCc1nc(C(=O)NC2CCSc3ccc(Cl)cc32)cs1. The van der Waals surface area contributed by atoms with Crippen LogP contribution in [0.3, 0.4) is 0 Å². The summed E-state index contributed by atoms with van der Waals surface area (Å²) >= 11 is 9.27. The Hall–Kier alpha value is -0.790. The summed E-state index contributed by atoms with van der Waals surface area (Å²) in [5.41, 5.74) is 7.04. The lowest BCUT2D eigenvalue weighted by Gasteiger charge is -2.25. The quantitative estimate of drug-likeness (QED) is 0.858. The molecule has 3 N–H and O–H groups in total. The number of thiazole rings is 1. The first-order chi connectivity index (χ1) is 10.2. The number of halogens is 2. The van der Waals surface area contributed by atoms with Gasteiger partial charge in [0.15, 0.2) is 0 Å². The summed E-state index contributed by atoms with van der Waals surface area (Å²) in [7, 11) is 0. The highest BCUT2D eigenvalue weighted by Crippen LogP contribution is 2.37. The number of fused-ring (bicyclic) bond motifs is 1. The third-order valence-corrected chi connectivity index (χ3v) is 5.50.